The minimum Gasteiger partial charge on any atom is -0.405 e. The molecule has 1 N–H and O–H groups in total. The average Bonchev–Trinajstić information content (AvgIpc) is 2.85. The molecule has 1 aliphatic heterocycles. The van der Waals surface area contributed by atoms with Crippen LogP contribution in [0.4, 0.5) is 0 Å². The van der Waals surface area contributed by atoms with E-state index >= 15 is 0 Å². The van der Waals surface area contributed by atoms with Crippen LogP contribution in [-0.4, -0.2) is 33.0 Å². The Balaban J connectivity index is 1.62. The fourth-order valence-corrected chi connectivity index (χ4v) is 9.53. The highest BCUT2D eigenvalue weighted by atomic mass is 28.4. The second-order valence-corrected chi connectivity index (χ2v) is 14.3. The van der Waals surface area contributed by atoms with Crippen LogP contribution in [0.5, 0.6) is 0 Å². The number of carbonyl (C=O) groups is 1. The van der Waals surface area contributed by atoms with E-state index < -0.39 is 8.32 Å². The van der Waals surface area contributed by atoms with Gasteiger partial charge >= 0.3 is 0 Å². The van der Waals surface area contributed by atoms with Gasteiger partial charge in [-0.3, -0.25) is 4.79 Å². The van der Waals surface area contributed by atoms with Crippen molar-refractivity contribution in [3.05, 3.63) is 96.6 Å². The molecule has 5 heteroatoms. The van der Waals surface area contributed by atoms with Crippen molar-refractivity contribution in [2.24, 2.45) is 0 Å². The highest BCUT2D eigenvalue weighted by Crippen LogP contribution is 2.37. The van der Waals surface area contributed by atoms with Gasteiger partial charge in [-0.1, -0.05) is 112 Å². The molecule has 1 amide bonds. The summed E-state index contributed by atoms with van der Waals surface area (Å²) in [6.07, 6.45) is 1.10. The maximum atomic E-state index is 12.3. The first-order valence-electron chi connectivity index (χ1n) is 12.1. The number of rotatable bonds is 8. The van der Waals surface area contributed by atoms with E-state index in [1.165, 1.54) is 10.4 Å². The summed E-state index contributed by atoms with van der Waals surface area (Å²) in [5.74, 6) is 0.0654. The van der Waals surface area contributed by atoms with E-state index in [-0.39, 0.29) is 23.1 Å². The zero-order chi connectivity index (χ0) is 24.0. The molecule has 3 aromatic carbocycles. The van der Waals surface area contributed by atoms with E-state index in [1.807, 2.05) is 30.3 Å². The van der Waals surface area contributed by atoms with E-state index in [2.05, 4.69) is 86.8 Å². The Morgan fingerprint density at radius 2 is 1.38 bits per heavy atom. The van der Waals surface area contributed by atoms with Gasteiger partial charge in [0.25, 0.3) is 8.32 Å². The number of benzene rings is 3. The monoisotopic (exact) mass is 473 g/mol. The van der Waals surface area contributed by atoms with Gasteiger partial charge in [0, 0.05) is 6.42 Å². The van der Waals surface area contributed by atoms with Gasteiger partial charge < -0.3 is 14.5 Å². The van der Waals surface area contributed by atoms with Crippen molar-refractivity contribution in [2.75, 3.05) is 6.61 Å². The third-order valence-corrected chi connectivity index (χ3v) is 11.7. The predicted octanol–water partition coefficient (Wildman–Crippen LogP) is 4.43. The summed E-state index contributed by atoms with van der Waals surface area (Å²) in [5, 5.41) is 5.51. The number of piperidine rings is 1. The Bertz CT molecular complexity index is 1010. The molecular weight excluding hydrogens is 438 g/mol. The molecule has 1 aliphatic rings. The van der Waals surface area contributed by atoms with Crippen LogP contribution in [0, 0.1) is 0 Å². The topological polar surface area (TPSA) is 47.6 Å². The van der Waals surface area contributed by atoms with Crippen LogP contribution >= 0.6 is 0 Å². The van der Waals surface area contributed by atoms with Crippen molar-refractivity contribution >= 4 is 24.6 Å². The first kappa shape index (κ1) is 24.4. The van der Waals surface area contributed by atoms with Gasteiger partial charge in [-0.05, 0) is 27.4 Å². The molecular formula is C29H35NO3Si. The maximum absolute atomic E-state index is 12.3. The van der Waals surface area contributed by atoms with Gasteiger partial charge in [-0.2, -0.15) is 0 Å². The first-order chi connectivity index (χ1) is 16.4. The molecule has 4 rings (SSSR count). The Kier molecular flexibility index (Phi) is 7.66. The Labute approximate surface area is 204 Å². The van der Waals surface area contributed by atoms with Crippen molar-refractivity contribution in [3.63, 3.8) is 0 Å². The Morgan fingerprint density at radius 3 is 1.91 bits per heavy atom. The van der Waals surface area contributed by atoms with E-state index in [1.54, 1.807) is 0 Å². The molecule has 0 radical (unpaired) electrons. The highest BCUT2D eigenvalue weighted by molar-refractivity contribution is 6.99. The third kappa shape index (κ3) is 5.33. The Morgan fingerprint density at radius 1 is 0.853 bits per heavy atom. The van der Waals surface area contributed by atoms with Crippen molar-refractivity contribution in [1.82, 2.24) is 5.32 Å². The average molecular weight is 474 g/mol. The SMILES string of the molecule is CC(C)(C)[Si](OC[C@H]1NC(=O)CC[C@@H]1OCc1ccccc1)(c1ccccc1)c1ccccc1. The Hall–Kier alpha value is -2.73. The van der Waals surface area contributed by atoms with Crippen LogP contribution in [0.3, 0.4) is 0 Å². The summed E-state index contributed by atoms with van der Waals surface area (Å²) >= 11 is 0. The van der Waals surface area contributed by atoms with E-state index in [4.69, 9.17) is 9.16 Å². The number of hydrogen-bond donors (Lipinski definition) is 1. The van der Waals surface area contributed by atoms with Gasteiger partial charge in [0.05, 0.1) is 25.4 Å². The quantitative estimate of drug-likeness (QED) is 0.493. The molecule has 2 atom stereocenters. The smallest absolute Gasteiger partial charge is 0.261 e. The van der Waals surface area contributed by atoms with Gasteiger partial charge in [-0.15, -0.1) is 0 Å². The number of nitrogens with one attached hydrogen (secondary N) is 1. The number of ether oxygens (including phenoxy) is 1. The lowest BCUT2D eigenvalue weighted by Crippen LogP contribution is -2.68. The molecule has 1 fully saturated rings. The summed E-state index contributed by atoms with van der Waals surface area (Å²) < 4.78 is 13.4. The number of amides is 1. The fourth-order valence-electron chi connectivity index (χ4n) is 4.95. The second kappa shape index (κ2) is 10.7. The molecule has 0 unspecified atom stereocenters. The van der Waals surface area contributed by atoms with Crippen LogP contribution in [-0.2, 0) is 20.6 Å². The highest BCUT2D eigenvalue weighted by Gasteiger charge is 2.50. The molecule has 0 aromatic heterocycles. The van der Waals surface area contributed by atoms with E-state index in [0.29, 0.717) is 26.1 Å². The van der Waals surface area contributed by atoms with Crippen LogP contribution in [0.1, 0.15) is 39.2 Å². The minimum atomic E-state index is -2.68. The minimum absolute atomic E-state index is 0.0654. The molecule has 0 spiro atoms. The lowest BCUT2D eigenvalue weighted by Gasteiger charge is -2.44. The molecule has 0 saturated carbocycles. The van der Waals surface area contributed by atoms with Crippen LogP contribution in [0.15, 0.2) is 91.0 Å². The van der Waals surface area contributed by atoms with Gasteiger partial charge in [-0.25, -0.2) is 0 Å². The molecule has 1 heterocycles. The largest absolute Gasteiger partial charge is 0.405 e. The molecule has 178 valence electrons. The van der Waals surface area contributed by atoms with Crippen LogP contribution < -0.4 is 15.7 Å². The molecule has 1 saturated heterocycles. The zero-order valence-electron chi connectivity index (χ0n) is 20.4. The summed E-state index contributed by atoms with van der Waals surface area (Å²) in [6, 6.07) is 31.2. The van der Waals surface area contributed by atoms with E-state index in [9.17, 15) is 4.79 Å². The third-order valence-electron chi connectivity index (χ3n) is 6.65. The normalized spacial score (nSPS) is 19.0. The predicted molar refractivity (Wildman–Crippen MR) is 140 cm³/mol. The first-order valence-corrected chi connectivity index (χ1v) is 14.0. The van der Waals surface area contributed by atoms with E-state index in [0.717, 1.165) is 5.56 Å². The molecule has 3 aromatic rings. The van der Waals surface area contributed by atoms with Crippen molar-refractivity contribution in [1.29, 1.82) is 0 Å². The van der Waals surface area contributed by atoms with Gasteiger partial charge in [0.15, 0.2) is 0 Å². The lowest BCUT2D eigenvalue weighted by molar-refractivity contribution is -0.128. The van der Waals surface area contributed by atoms with Crippen molar-refractivity contribution in [2.45, 2.75) is 57.4 Å². The lowest BCUT2D eigenvalue weighted by atomic mass is 10.0. The number of carbonyl (C=O) groups excluding carboxylic acids is 1. The molecule has 0 bridgehead atoms. The standard InChI is InChI=1S/C29H35NO3Si/c1-29(2,3)34(24-15-9-5-10-16-24,25-17-11-6-12-18-25)33-22-26-27(19-20-28(31)30-26)32-21-23-13-7-4-8-14-23/h4-18,26-27H,19-22H2,1-3H3,(H,30,31)/t26-,27+/m1/s1. The van der Waals surface area contributed by atoms with Crippen LogP contribution in [0.2, 0.25) is 5.04 Å². The zero-order valence-corrected chi connectivity index (χ0v) is 21.4. The van der Waals surface area contributed by atoms with Gasteiger partial charge in [0.2, 0.25) is 5.91 Å². The molecule has 0 aliphatic carbocycles. The fraction of sp³-hybridized carbons (Fsp3) is 0.345. The van der Waals surface area contributed by atoms with Crippen molar-refractivity contribution < 1.29 is 14.0 Å². The summed E-state index contributed by atoms with van der Waals surface area (Å²) in [5.41, 5.74) is 1.13. The van der Waals surface area contributed by atoms with Crippen LogP contribution in [0.25, 0.3) is 0 Å². The summed E-state index contributed by atoms with van der Waals surface area (Å²) in [6.45, 7) is 7.74. The molecule has 4 nitrogen and oxygen atoms in total. The van der Waals surface area contributed by atoms with Crippen molar-refractivity contribution in [3.8, 4) is 0 Å². The summed E-state index contributed by atoms with van der Waals surface area (Å²) in [4.78, 5) is 12.3. The number of hydrogen-bond acceptors (Lipinski definition) is 3. The molecule has 34 heavy (non-hydrogen) atoms. The maximum Gasteiger partial charge on any atom is 0.261 e. The second-order valence-electron chi connectivity index (χ2n) is 10.0. The van der Waals surface area contributed by atoms with Gasteiger partial charge in [0.1, 0.15) is 0 Å². The summed E-state index contributed by atoms with van der Waals surface area (Å²) in [7, 11) is -2.68.